The zero-order valence-electron chi connectivity index (χ0n) is 15.6. The van der Waals surface area contributed by atoms with E-state index >= 15 is 0 Å². The van der Waals surface area contributed by atoms with Gasteiger partial charge in [0, 0.05) is 32.4 Å². The number of rotatable bonds is 5. The van der Waals surface area contributed by atoms with Gasteiger partial charge in [0.1, 0.15) is 6.10 Å². The van der Waals surface area contributed by atoms with Gasteiger partial charge in [-0.2, -0.15) is 0 Å². The second-order valence-corrected chi connectivity index (χ2v) is 7.04. The van der Waals surface area contributed by atoms with E-state index in [9.17, 15) is 9.59 Å². The molecule has 8 heteroatoms. The number of amides is 2. The highest BCUT2D eigenvalue weighted by Gasteiger charge is 2.26. The third kappa shape index (κ3) is 6.39. The number of hydrogen-bond donors (Lipinski definition) is 2. The summed E-state index contributed by atoms with van der Waals surface area (Å²) in [6.07, 6.45) is 4.38. The first kappa shape index (κ1) is 19.4. The molecule has 3 rings (SSSR count). The maximum absolute atomic E-state index is 12.0. The minimum Gasteiger partial charge on any atom is -0.449 e. The Morgan fingerprint density at radius 1 is 1.19 bits per heavy atom. The van der Waals surface area contributed by atoms with Gasteiger partial charge in [-0.15, -0.1) is 0 Å². The van der Waals surface area contributed by atoms with Crippen LogP contribution in [0, 0.1) is 5.92 Å². The van der Waals surface area contributed by atoms with Gasteiger partial charge in [-0.3, -0.25) is 4.98 Å². The molecule has 0 aromatic carbocycles. The van der Waals surface area contributed by atoms with Gasteiger partial charge in [0.25, 0.3) is 0 Å². The van der Waals surface area contributed by atoms with E-state index in [0.29, 0.717) is 32.2 Å². The lowest BCUT2D eigenvalue weighted by molar-refractivity contribution is 0.0417. The predicted octanol–water partition coefficient (Wildman–Crippen LogP) is 1.91. The molecule has 2 amide bonds. The number of pyridine rings is 1. The summed E-state index contributed by atoms with van der Waals surface area (Å²) in [5.74, 6) is 0.341. The van der Waals surface area contributed by atoms with Crippen molar-refractivity contribution >= 4 is 12.2 Å². The lowest BCUT2D eigenvalue weighted by Crippen LogP contribution is -2.46. The molecule has 8 nitrogen and oxygen atoms in total. The standard InChI is InChI=1S/C19H28N4O4/c24-18(22-13-16-3-1-2-8-21-16)27-17-6-4-15(5-7-17)14-26-19(25)23-11-9-20-10-12-23/h1-3,8,15,17,20H,4-7,9-14H2,(H,22,24). The van der Waals surface area contributed by atoms with Crippen LogP contribution in [0.1, 0.15) is 31.4 Å². The highest BCUT2D eigenvalue weighted by Crippen LogP contribution is 2.26. The smallest absolute Gasteiger partial charge is 0.409 e. The zero-order chi connectivity index (χ0) is 18.9. The lowest BCUT2D eigenvalue weighted by Gasteiger charge is -2.30. The molecule has 0 radical (unpaired) electrons. The molecule has 2 heterocycles. The number of nitrogens with zero attached hydrogens (tertiary/aromatic N) is 2. The van der Waals surface area contributed by atoms with Gasteiger partial charge in [0.2, 0.25) is 0 Å². The number of ether oxygens (including phenoxy) is 2. The fourth-order valence-electron chi connectivity index (χ4n) is 3.40. The number of nitrogens with one attached hydrogen (secondary N) is 2. The summed E-state index contributed by atoms with van der Waals surface area (Å²) < 4.78 is 10.9. The van der Waals surface area contributed by atoms with Gasteiger partial charge in [-0.25, -0.2) is 9.59 Å². The van der Waals surface area contributed by atoms with E-state index in [0.717, 1.165) is 44.5 Å². The van der Waals surface area contributed by atoms with Crippen LogP contribution in [0.4, 0.5) is 9.59 Å². The van der Waals surface area contributed by atoms with Crippen LogP contribution in [0.25, 0.3) is 0 Å². The fraction of sp³-hybridized carbons (Fsp3) is 0.632. The molecule has 1 aliphatic heterocycles. The van der Waals surface area contributed by atoms with E-state index in [1.54, 1.807) is 11.1 Å². The van der Waals surface area contributed by atoms with Crippen LogP contribution < -0.4 is 10.6 Å². The fourth-order valence-corrected chi connectivity index (χ4v) is 3.40. The van der Waals surface area contributed by atoms with Crippen molar-refractivity contribution in [1.29, 1.82) is 0 Å². The van der Waals surface area contributed by atoms with E-state index in [2.05, 4.69) is 15.6 Å². The van der Waals surface area contributed by atoms with Crippen molar-refractivity contribution in [1.82, 2.24) is 20.5 Å². The van der Waals surface area contributed by atoms with Gasteiger partial charge in [-0.1, -0.05) is 6.07 Å². The first-order chi connectivity index (χ1) is 13.2. The number of carbonyl (C=O) groups excluding carboxylic acids is 2. The van der Waals surface area contributed by atoms with Crippen molar-refractivity contribution < 1.29 is 19.1 Å². The van der Waals surface area contributed by atoms with E-state index in [-0.39, 0.29) is 12.2 Å². The molecule has 1 saturated carbocycles. The van der Waals surface area contributed by atoms with E-state index in [4.69, 9.17) is 9.47 Å². The van der Waals surface area contributed by atoms with Gasteiger partial charge in [-0.05, 0) is 43.7 Å². The Kier molecular flexibility index (Phi) is 7.27. The van der Waals surface area contributed by atoms with Crippen LogP contribution in [-0.4, -0.2) is 61.0 Å². The second-order valence-electron chi connectivity index (χ2n) is 7.04. The third-order valence-electron chi connectivity index (χ3n) is 5.03. The molecule has 1 saturated heterocycles. The SMILES string of the molecule is O=C(NCc1ccccn1)OC1CCC(COC(=O)N2CCNCC2)CC1. The highest BCUT2D eigenvalue weighted by atomic mass is 16.6. The van der Waals surface area contributed by atoms with Crippen molar-refractivity contribution in [3.05, 3.63) is 30.1 Å². The Morgan fingerprint density at radius 2 is 1.96 bits per heavy atom. The Hall–Kier alpha value is -2.35. The van der Waals surface area contributed by atoms with Crippen molar-refractivity contribution in [3.63, 3.8) is 0 Å². The number of hydrogen-bond acceptors (Lipinski definition) is 6. The minimum absolute atomic E-state index is 0.0751. The van der Waals surface area contributed by atoms with Crippen LogP contribution in [0.2, 0.25) is 0 Å². The molecule has 27 heavy (non-hydrogen) atoms. The van der Waals surface area contributed by atoms with Gasteiger partial charge >= 0.3 is 12.2 Å². The lowest BCUT2D eigenvalue weighted by atomic mass is 9.88. The average Bonchev–Trinajstić information content (AvgIpc) is 2.73. The maximum Gasteiger partial charge on any atom is 0.409 e. The topological polar surface area (TPSA) is 92.8 Å². The van der Waals surface area contributed by atoms with Crippen molar-refractivity contribution in [3.8, 4) is 0 Å². The summed E-state index contributed by atoms with van der Waals surface area (Å²) >= 11 is 0. The predicted molar refractivity (Wildman–Crippen MR) is 99.1 cm³/mol. The normalized spacial score (nSPS) is 22.7. The van der Waals surface area contributed by atoms with Crippen LogP contribution in [0.3, 0.4) is 0 Å². The average molecular weight is 376 g/mol. The van der Waals surface area contributed by atoms with Gasteiger partial charge in [0.15, 0.2) is 0 Å². The Labute approximate surface area is 159 Å². The molecule has 2 aliphatic rings. The summed E-state index contributed by atoms with van der Waals surface area (Å²) in [5, 5.41) is 5.94. The molecule has 1 aromatic heterocycles. The van der Waals surface area contributed by atoms with Gasteiger partial charge in [0.05, 0.1) is 18.8 Å². The number of piperazine rings is 1. The second kappa shape index (κ2) is 10.1. The molecule has 2 fully saturated rings. The summed E-state index contributed by atoms with van der Waals surface area (Å²) in [7, 11) is 0. The van der Waals surface area contributed by atoms with Crippen LogP contribution in [0.15, 0.2) is 24.4 Å². The minimum atomic E-state index is -0.408. The molecule has 2 N–H and O–H groups in total. The zero-order valence-corrected chi connectivity index (χ0v) is 15.6. The summed E-state index contributed by atoms with van der Waals surface area (Å²) in [5.41, 5.74) is 0.796. The van der Waals surface area contributed by atoms with Crippen LogP contribution >= 0.6 is 0 Å². The van der Waals surface area contributed by atoms with E-state index in [1.807, 2.05) is 18.2 Å². The highest BCUT2D eigenvalue weighted by molar-refractivity contribution is 5.68. The molecule has 0 spiro atoms. The van der Waals surface area contributed by atoms with Crippen molar-refractivity contribution in [2.24, 2.45) is 5.92 Å². The van der Waals surface area contributed by atoms with Crippen molar-refractivity contribution in [2.75, 3.05) is 32.8 Å². The largest absolute Gasteiger partial charge is 0.449 e. The number of alkyl carbamates (subject to hydrolysis) is 1. The third-order valence-corrected chi connectivity index (χ3v) is 5.03. The molecular formula is C19H28N4O4. The molecule has 1 aromatic rings. The molecule has 0 unspecified atom stereocenters. The van der Waals surface area contributed by atoms with E-state index in [1.165, 1.54) is 0 Å². The first-order valence-electron chi connectivity index (χ1n) is 9.67. The van der Waals surface area contributed by atoms with Crippen LogP contribution in [-0.2, 0) is 16.0 Å². The number of aromatic nitrogens is 1. The summed E-state index contributed by atoms with van der Waals surface area (Å²) in [4.78, 5) is 29.9. The Balaban J connectivity index is 1.29. The Bertz CT molecular complexity index is 599. The van der Waals surface area contributed by atoms with E-state index < -0.39 is 6.09 Å². The van der Waals surface area contributed by atoms with Crippen molar-refractivity contribution in [2.45, 2.75) is 38.3 Å². The Morgan fingerprint density at radius 3 is 2.67 bits per heavy atom. The molecule has 0 atom stereocenters. The quantitative estimate of drug-likeness (QED) is 0.815. The molecular weight excluding hydrogens is 348 g/mol. The molecule has 0 bridgehead atoms. The van der Waals surface area contributed by atoms with Crippen LogP contribution in [0.5, 0.6) is 0 Å². The maximum atomic E-state index is 12.0. The summed E-state index contributed by atoms with van der Waals surface area (Å²) in [6, 6.07) is 5.57. The first-order valence-corrected chi connectivity index (χ1v) is 9.67. The monoisotopic (exact) mass is 376 g/mol. The van der Waals surface area contributed by atoms with Gasteiger partial charge < -0.3 is 25.0 Å². The molecule has 148 valence electrons. The summed E-state index contributed by atoms with van der Waals surface area (Å²) in [6.45, 7) is 3.85. The number of carbonyl (C=O) groups is 2. The molecule has 1 aliphatic carbocycles.